The first-order valence-corrected chi connectivity index (χ1v) is 6.73. The molecule has 0 spiro atoms. The third-order valence-corrected chi connectivity index (χ3v) is 3.63. The Hall–Kier alpha value is -1.76. The lowest BCUT2D eigenvalue weighted by Gasteiger charge is -2.08. The number of halogens is 3. The first-order chi connectivity index (χ1) is 9.91. The number of nitrogens with zero attached hydrogens (tertiary/aromatic N) is 2. The van der Waals surface area contributed by atoms with Gasteiger partial charge in [-0.05, 0) is 19.1 Å². The highest BCUT2D eigenvalue weighted by Gasteiger charge is 2.19. The molecule has 2 aromatic heterocycles. The number of hydrogen-bond acceptors (Lipinski definition) is 5. The van der Waals surface area contributed by atoms with E-state index in [4.69, 9.17) is 45.0 Å². The van der Waals surface area contributed by atoms with Gasteiger partial charge in [-0.1, -0.05) is 34.8 Å². The normalized spacial score (nSPS) is 11.5. The highest BCUT2D eigenvalue weighted by Crippen LogP contribution is 2.34. The molecule has 2 rings (SSSR count). The molecule has 0 atom stereocenters. The first kappa shape index (κ1) is 15.6. The van der Waals surface area contributed by atoms with E-state index in [0.29, 0.717) is 11.5 Å². The van der Waals surface area contributed by atoms with Crippen molar-refractivity contribution in [2.75, 3.05) is 5.73 Å². The zero-order valence-corrected chi connectivity index (χ0v) is 12.9. The molecule has 3 N–H and O–H groups in total. The second-order valence-electron chi connectivity index (χ2n) is 3.91. The second-order valence-corrected chi connectivity index (χ2v) is 5.02. The fraction of sp³-hybridized carbons (Fsp3) is 0.0833. The first-order valence-electron chi connectivity index (χ1n) is 5.60. The average molecular weight is 348 g/mol. The van der Waals surface area contributed by atoms with E-state index in [1.54, 1.807) is 19.1 Å². The van der Waals surface area contributed by atoms with Crippen LogP contribution in [0.1, 0.15) is 23.2 Å². The van der Waals surface area contributed by atoms with Gasteiger partial charge in [-0.15, -0.1) is 0 Å². The predicted octanol–water partition coefficient (Wildman–Crippen LogP) is 3.37. The highest BCUT2D eigenvalue weighted by molar-refractivity contribution is 6.46. The molecule has 0 fully saturated rings. The molecule has 0 aromatic carbocycles. The van der Waals surface area contributed by atoms with Gasteiger partial charge in [0.2, 0.25) is 0 Å². The lowest BCUT2D eigenvalue weighted by atomic mass is 10.3. The number of nitrogens with two attached hydrogens (primary N) is 1. The van der Waals surface area contributed by atoms with Crippen LogP contribution in [0.15, 0.2) is 27.9 Å². The molecule has 0 bridgehead atoms. The van der Waals surface area contributed by atoms with Crippen LogP contribution in [-0.2, 0) is 0 Å². The maximum Gasteiger partial charge on any atom is 0.291 e. The summed E-state index contributed by atoms with van der Waals surface area (Å²) in [6, 6.07) is 3.40. The van der Waals surface area contributed by atoms with E-state index < -0.39 is 5.91 Å². The molecule has 2 heterocycles. The van der Waals surface area contributed by atoms with Gasteiger partial charge in [0.15, 0.2) is 10.8 Å². The van der Waals surface area contributed by atoms with Crippen LogP contribution in [0.4, 0.5) is 5.69 Å². The number of aromatic nitrogens is 1. The minimum absolute atomic E-state index is 0.00603. The van der Waals surface area contributed by atoms with Crippen molar-refractivity contribution in [3.05, 3.63) is 45.0 Å². The van der Waals surface area contributed by atoms with Gasteiger partial charge in [-0.25, -0.2) is 10.4 Å². The zero-order valence-electron chi connectivity index (χ0n) is 10.7. The second kappa shape index (κ2) is 6.34. The molecule has 0 saturated carbocycles. The fourth-order valence-electron chi connectivity index (χ4n) is 1.41. The predicted molar refractivity (Wildman–Crippen MR) is 82.1 cm³/mol. The average Bonchev–Trinajstić information content (AvgIpc) is 3.00. The van der Waals surface area contributed by atoms with Crippen LogP contribution in [-0.4, -0.2) is 16.6 Å². The summed E-state index contributed by atoms with van der Waals surface area (Å²) in [4.78, 5) is 15.8. The third-order valence-electron chi connectivity index (χ3n) is 2.49. The topological polar surface area (TPSA) is 93.5 Å². The number of hydrazone groups is 1. The van der Waals surface area contributed by atoms with Crippen LogP contribution in [0.5, 0.6) is 0 Å². The summed E-state index contributed by atoms with van der Waals surface area (Å²) in [6.07, 6.45) is 1.49. The van der Waals surface area contributed by atoms with E-state index in [9.17, 15) is 4.79 Å². The number of rotatable bonds is 3. The molecule has 0 radical (unpaired) electrons. The van der Waals surface area contributed by atoms with Crippen LogP contribution in [0.2, 0.25) is 15.2 Å². The van der Waals surface area contributed by atoms with Crippen molar-refractivity contribution in [2.45, 2.75) is 6.92 Å². The Bertz CT molecular complexity index is 714. The van der Waals surface area contributed by atoms with Crippen LogP contribution in [0.25, 0.3) is 0 Å². The molecule has 6 nitrogen and oxygen atoms in total. The summed E-state index contributed by atoms with van der Waals surface area (Å²) in [5.74, 6) is -0.154. The Morgan fingerprint density at radius 2 is 2.10 bits per heavy atom. The number of nitrogens with one attached hydrogen (secondary N) is 1. The Kier molecular flexibility index (Phi) is 4.72. The largest absolute Gasteiger partial charge is 0.463 e. The van der Waals surface area contributed by atoms with Crippen molar-refractivity contribution in [1.82, 2.24) is 10.4 Å². The van der Waals surface area contributed by atoms with Crippen LogP contribution < -0.4 is 11.2 Å². The Morgan fingerprint density at radius 1 is 1.38 bits per heavy atom. The summed E-state index contributed by atoms with van der Waals surface area (Å²) in [6.45, 7) is 1.66. The standard InChI is InChI=1S/C12H9Cl3N4O2/c1-5(6-3-2-4-21-6)18-19-12(20)10-7(13)9(16)8(14)11(15)17-10/h2-4H,1H3,(H2,16,17)(H,19,20)/b18-5+. The van der Waals surface area contributed by atoms with Crippen LogP contribution in [0.3, 0.4) is 0 Å². The van der Waals surface area contributed by atoms with Gasteiger partial charge in [0.05, 0.1) is 17.0 Å². The third kappa shape index (κ3) is 3.29. The number of pyridine rings is 1. The molecule has 9 heteroatoms. The smallest absolute Gasteiger partial charge is 0.291 e. The van der Waals surface area contributed by atoms with Crippen molar-refractivity contribution in [1.29, 1.82) is 0 Å². The van der Waals surface area contributed by atoms with Gasteiger partial charge in [0, 0.05) is 0 Å². The van der Waals surface area contributed by atoms with Gasteiger partial charge in [-0.3, -0.25) is 4.79 Å². The number of amides is 1. The number of carbonyl (C=O) groups is 1. The Labute approximate surface area is 134 Å². The number of carbonyl (C=O) groups excluding carboxylic acids is 1. The summed E-state index contributed by atoms with van der Waals surface area (Å²) >= 11 is 17.5. The van der Waals surface area contributed by atoms with Gasteiger partial charge in [0.25, 0.3) is 5.91 Å². The monoisotopic (exact) mass is 346 g/mol. The Morgan fingerprint density at radius 3 is 2.71 bits per heavy atom. The van der Waals surface area contributed by atoms with Gasteiger partial charge < -0.3 is 10.2 Å². The van der Waals surface area contributed by atoms with Gasteiger partial charge >= 0.3 is 0 Å². The quantitative estimate of drug-likeness (QED) is 0.505. The maximum atomic E-state index is 12.0. The SMILES string of the molecule is C/C(=N\NC(=O)c1nc(Cl)c(Cl)c(N)c1Cl)c1ccco1. The highest BCUT2D eigenvalue weighted by atomic mass is 35.5. The number of nitrogen functional groups attached to an aromatic ring is 1. The molecule has 110 valence electrons. The van der Waals surface area contributed by atoms with Crippen LogP contribution >= 0.6 is 34.8 Å². The van der Waals surface area contributed by atoms with Gasteiger partial charge in [-0.2, -0.15) is 5.10 Å². The van der Waals surface area contributed by atoms with E-state index in [0.717, 1.165) is 0 Å². The Balaban J connectivity index is 2.24. The van der Waals surface area contributed by atoms with E-state index in [2.05, 4.69) is 15.5 Å². The van der Waals surface area contributed by atoms with E-state index in [-0.39, 0.29) is 26.6 Å². The fourth-order valence-corrected chi connectivity index (χ4v) is 2.00. The number of hydrogen-bond donors (Lipinski definition) is 2. The van der Waals surface area contributed by atoms with Crippen LogP contribution in [0, 0.1) is 0 Å². The van der Waals surface area contributed by atoms with Crippen molar-refractivity contribution in [2.24, 2.45) is 5.10 Å². The number of anilines is 1. The lowest BCUT2D eigenvalue weighted by molar-refractivity contribution is 0.0950. The van der Waals surface area contributed by atoms with Crippen molar-refractivity contribution >= 4 is 52.1 Å². The summed E-state index contributed by atoms with van der Waals surface area (Å²) in [5, 5.41) is 3.66. The summed E-state index contributed by atoms with van der Waals surface area (Å²) in [5.41, 5.74) is 8.21. The van der Waals surface area contributed by atoms with E-state index >= 15 is 0 Å². The minimum Gasteiger partial charge on any atom is -0.463 e. The van der Waals surface area contributed by atoms with Gasteiger partial charge in [0.1, 0.15) is 16.5 Å². The zero-order chi connectivity index (χ0) is 15.6. The molecule has 1 amide bonds. The van der Waals surface area contributed by atoms with E-state index in [1.165, 1.54) is 6.26 Å². The maximum absolute atomic E-state index is 12.0. The van der Waals surface area contributed by atoms with Crippen molar-refractivity contribution < 1.29 is 9.21 Å². The molecule has 0 saturated heterocycles. The molecular weight excluding hydrogens is 339 g/mol. The minimum atomic E-state index is -0.670. The molecule has 0 aliphatic carbocycles. The molecular formula is C12H9Cl3N4O2. The molecule has 0 aliphatic rings. The molecule has 21 heavy (non-hydrogen) atoms. The van der Waals surface area contributed by atoms with Crippen molar-refractivity contribution in [3.8, 4) is 0 Å². The molecule has 0 unspecified atom stereocenters. The molecule has 0 aliphatic heterocycles. The van der Waals surface area contributed by atoms with Crippen molar-refractivity contribution in [3.63, 3.8) is 0 Å². The summed E-state index contributed by atoms with van der Waals surface area (Å²) in [7, 11) is 0. The lowest BCUT2D eigenvalue weighted by Crippen LogP contribution is -2.21. The van der Waals surface area contributed by atoms with E-state index in [1.807, 2.05) is 0 Å². The molecule has 2 aromatic rings. The number of furan rings is 1. The summed E-state index contributed by atoms with van der Waals surface area (Å²) < 4.78 is 5.13.